The van der Waals surface area contributed by atoms with Crippen LogP contribution >= 0.6 is 11.8 Å². The average molecular weight is 260 g/mol. The van der Waals surface area contributed by atoms with Crippen LogP contribution in [0.15, 0.2) is 30.3 Å². The molecular weight excluding hydrogens is 248 g/mol. The summed E-state index contributed by atoms with van der Waals surface area (Å²) in [5.74, 6) is -0.481. The van der Waals surface area contributed by atoms with E-state index in [1.54, 1.807) is 36.6 Å². The van der Waals surface area contributed by atoms with Gasteiger partial charge in [0, 0.05) is 5.56 Å². The zero-order chi connectivity index (χ0) is 12.0. The zero-order valence-electron chi connectivity index (χ0n) is 8.64. The second-order valence-electron chi connectivity index (χ2n) is 2.94. The van der Waals surface area contributed by atoms with Crippen LogP contribution < -0.4 is 10.3 Å². The normalized spacial score (nSPS) is 11.1. The van der Waals surface area contributed by atoms with Gasteiger partial charge in [0.2, 0.25) is 10.0 Å². The van der Waals surface area contributed by atoms with Crippen molar-refractivity contribution in [3.05, 3.63) is 35.9 Å². The van der Waals surface area contributed by atoms with Crippen LogP contribution in [0.5, 0.6) is 0 Å². The summed E-state index contributed by atoms with van der Waals surface area (Å²) < 4.78 is 22.4. The van der Waals surface area contributed by atoms with Crippen molar-refractivity contribution in [2.75, 3.05) is 11.3 Å². The van der Waals surface area contributed by atoms with E-state index in [2.05, 4.69) is 5.43 Å². The first-order valence-electron chi connectivity index (χ1n) is 4.39. The van der Waals surface area contributed by atoms with Crippen molar-refractivity contribution in [1.82, 2.24) is 10.3 Å². The maximum Gasteiger partial charge on any atom is 0.266 e. The van der Waals surface area contributed by atoms with Crippen molar-refractivity contribution in [3.8, 4) is 0 Å². The molecule has 0 radical (unpaired) electrons. The van der Waals surface area contributed by atoms with Gasteiger partial charge in [0.15, 0.2) is 0 Å². The van der Waals surface area contributed by atoms with E-state index < -0.39 is 15.9 Å². The molecule has 0 bridgehead atoms. The number of carbonyl (C=O) groups is 1. The SMILES string of the molecule is CSCS(=O)(=O)NNC(=O)c1ccccc1. The van der Waals surface area contributed by atoms with E-state index in [9.17, 15) is 13.2 Å². The fourth-order valence-corrected chi connectivity index (χ4v) is 2.70. The Hall–Kier alpha value is -1.05. The molecule has 0 heterocycles. The number of hydrogen-bond donors (Lipinski definition) is 2. The van der Waals surface area contributed by atoms with Gasteiger partial charge in [-0.15, -0.1) is 16.6 Å². The summed E-state index contributed by atoms with van der Waals surface area (Å²) >= 11 is 1.15. The zero-order valence-corrected chi connectivity index (χ0v) is 10.3. The molecule has 0 spiro atoms. The molecule has 0 aliphatic rings. The summed E-state index contributed by atoms with van der Waals surface area (Å²) in [5.41, 5.74) is 2.53. The Bertz CT molecular complexity index is 445. The molecule has 1 aromatic rings. The molecule has 7 heteroatoms. The summed E-state index contributed by atoms with van der Waals surface area (Å²) in [6, 6.07) is 8.36. The first-order valence-corrected chi connectivity index (χ1v) is 7.43. The second-order valence-corrected chi connectivity index (χ2v) is 5.90. The fraction of sp³-hybridized carbons (Fsp3) is 0.222. The maximum atomic E-state index is 11.5. The van der Waals surface area contributed by atoms with Crippen LogP contribution in [-0.4, -0.2) is 25.7 Å². The van der Waals surface area contributed by atoms with Gasteiger partial charge in [-0.25, -0.2) is 8.42 Å². The number of amides is 1. The van der Waals surface area contributed by atoms with Gasteiger partial charge >= 0.3 is 0 Å². The third kappa shape index (κ3) is 4.21. The number of rotatable bonds is 5. The number of thioether (sulfide) groups is 1. The Labute approximate surface area is 98.6 Å². The maximum absolute atomic E-state index is 11.5. The van der Waals surface area contributed by atoms with E-state index in [1.807, 2.05) is 4.83 Å². The van der Waals surface area contributed by atoms with Crippen molar-refractivity contribution in [2.45, 2.75) is 0 Å². The van der Waals surface area contributed by atoms with Crippen LogP contribution in [0.2, 0.25) is 0 Å². The Morgan fingerprint density at radius 2 is 1.94 bits per heavy atom. The molecule has 1 amide bonds. The van der Waals surface area contributed by atoms with E-state index in [1.165, 1.54) is 0 Å². The van der Waals surface area contributed by atoms with Gasteiger partial charge in [-0.05, 0) is 18.4 Å². The van der Waals surface area contributed by atoms with Gasteiger partial charge < -0.3 is 0 Å². The van der Waals surface area contributed by atoms with E-state index in [0.717, 1.165) is 11.8 Å². The fourth-order valence-electron chi connectivity index (χ4n) is 0.970. The summed E-state index contributed by atoms with van der Waals surface area (Å²) in [7, 11) is -3.45. The lowest BCUT2D eigenvalue weighted by molar-refractivity contribution is 0.0945. The quantitative estimate of drug-likeness (QED) is 0.759. The highest BCUT2D eigenvalue weighted by molar-refractivity contribution is 8.11. The predicted molar refractivity (Wildman–Crippen MR) is 64.3 cm³/mol. The minimum absolute atomic E-state index is 0.0952. The lowest BCUT2D eigenvalue weighted by Crippen LogP contribution is -2.42. The van der Waals surface area contributed by atoms with Crippen LogP contribution in [-0.2, 0) is 10.0 Å². The molecule has 0 saturated heterocycles. The number of hydrazine groups is 1. The lowest BCUT2D eigenvalue weighted by Gasteiger charge is -2.06. The predicted octanol–water partition coefficient (Wildman–Crippen LogP) is 0.571. The molecule has 0 aliphatic heterocycles. The van der Waals surface area contributed by atoms with Crippen LogP contribution in [0, 0.1) is 0 Å². The van der Waals surface area contributed by atoms with Gasteiger partial charge in [0.1, 0.15) is 5.08 Å². The first-order chi connectivity index (χ1) is 7.55. The molecule has 5 nitrogen and oxygen atoms in total. The highest BCUT2D eigenvalue weighted by atomic mass is 32.3. The third-order valence-corrected chi connectivity index (χ3v) is 4.23. The Kier molecular flexibility index (Phi) is 4.78. The largest absolute Gasteiger partial charge is 0.274 e. The van der Waals surface area contributed by atoms with Gasteiger partial charge in [0.05, 0.1) is 0 Å². The molecule has 88 valence electrons. The number of carbonyl (C=O) groups excluding carboxylic acids is 1. The molecule has 0 unspecified atom stereocenters. The molecular formula is C9H12N2O3S2. The van der Waals surface area contributed by atoms with Gasteiger partial charge in [0.25, 0.3) is 5.91 Å². The van der Waals surface area contributed by atoms with Crippen molar-refractivity contribution in [2.24, 2.45) is 0 Å². The van der Waals surface area contributed by atoms with E-state index in [0.29, 0.717) is 5.56 Å². The molecule has 16 heavy (non-hydrogen) atoms. The summed E-state index contributed by atoms with van der Waals surface area (Å²) in [4.78, 5) is 13.5. The highest BCUT2D eigenvalue weighted by Gasteiger charge is 2.11. The Morgan fingerprint density at radius 1 is 1.31 bits per heavy atom. The van der Waals surface area contributed by atoms with Gasteiger partial charge in [-0.1, -0.05) is 18.2 Å². The molecule has 0 aromatic heterocycles. The average Bonchev–Trinajstić information content (AvgIpc) is 2.27. The van der Waals surface area contributed by atoms with E-state index >= 15 is 0 Å². The first kappa shape index (κ1) is 13.0. The molecule has 0 aliphatic carbocycles. The van der Waals surface area contributed by atoms with Crippen LogP contribution in [0.3, 0.4) is 0 Å². The van der Waals surface area contributed by atoms with E-state index in [-0.39, 0.29) is 5.08 Å². The topological polar surface area (TPSA) is 75.3 Å². The number of nitrogens with one attached hydrogen (secondary N) is 2. The van der Waals surface area contributed by atoms with Gasteiger partial charge in [-0.2, -0.15) is 0 Å². The van der Waals surface area contributed by atoms with Crippen molar-refractivity contribution < 1.29 is 13.2 Å². The molecule has 2 N–H and O–H groups in total. The molecule has 0 atom stereocenters. The third-order valence-electron chi connectivity index (χ3n) is 1.63. The van der Waals surface area contributed by atoms with Crippen molar-refractivity contribution >= 4 is 27.7 Å². The minimum atomic E-state index is -3.45. The van der Waals surface area contributed by atoms with E-state index in [4.69, 9.17) is 0 Å². The monoisotopic (exact) mass is 260 g/mol. The Morgan fingerprint density at radius 3 is 2.50 bits per heavy atom. The molecule has 0 fully saturated rings. The summed E-state index contributed by atoms with van der Waals surface area (Å²) in [6.45, 7) is 0. The van der Waals surface area contributed by atoms with Crippen molar-refractivity contribution in [1.29, 1.82) is 0 Å². The van der Waals surface area contributed by atoms with Crippen LogP contribution in [0.25, 0.3) is 0 Å². The van der Waals surface area contributed by atoms with Crippen LogP contribution in [0.4, 0.5) is 0 Å². The minimum Gasteiger partial charge on any atom is -0.274 e. The number of hydrogen-bond acceptors (Lipinski definition) is 4. The summed E-state index contributed by atoms with van der Waals surface area (Å²) in [5, 5.41) is -0.0952. The van der Waals surface area contributed by atoms with Crippen molar-refractivity contribution in [3.63, 3.8) is 0 Å². The molecule has 1 aromatic carbocycles. The standard InChI is InChI=1S/C9H12N2O3S2/c1-15-7-16(13,14)11-10-9(12)8-5-3-2-4-6-8/h2-6,11H,7H2,1H3,(H,10,12). The second kappa shape index (κ2) is 5.88. The highest BCUT2D eigenvalue weighted by Crippen LogP contribution is 1.99. The Balaban J connectivity index is 2.54. The molecule has 1 rings (SSSR count). The lowest BCUT2D eigenvalue weighted by atomic mass is 10.2. The molecule has 0 saturated carbocycles. The number of sulfonamides is 1. The smallest absolute Gasteiger partial charge is 0.266 e. The number of benzene rings is 1. The summed E-state index contributed by atoms with van der Waals surface area (Å²) in [6.07, 6.45) is 1.66. The van der Waals surface area contributed by atoms with Crippen LogP contribution in [0.1, 0.15) is 10.4 Å². The van der Waals surface area contributed by atoms with Gasteiger partial charge in [-0.3, -0.25) is 10.2 Å².